The third kappa shape index (κ3) is 3.98. The highest BCUT2D eigenvalue weighted by atomic mass is 32.2. The summed E-state index contributed by atoms with van der Waals surface area (Å²) in [6.07, 6.45) is 1.44. The summed E-state index contributed by atoms with van der Waals surface area (Å²) in [5, 5.41) is 13.1. The van der Waals surface area contributed by atoms with Gasteiger partial charge in [-0.15, -0.1) is 4.40 Å². The molecule has 1 fully saturated rings. The standard InChI is InChI=1S/C16H11N3O5S2/c20-15-14(10-11-5-4-6-12(9-11)19(21)22)25-16(17-15)18-26(23,24)13-7-2-1-3-8-13/h1-10H,(H,17,18,20)/b14-10-. The SMILES string of the molecule is O=C1N/C(=N/S(=O)(=O)c2ccccc2)S/C1=C\c1cccc([N+](=O)[O-])c1. The van der Waals surface area contributed by atoms with Crippen LogP contribution in [0.5, 0.6) is 0 Å². The molecular formula is C16H11N3O5S2. The zero-order valence-electron chi connectivity index (χ0n) is 13.0. The lowest BCUT2D eigenvalue weighted by atomic mass is 10.2. The van der Waals surface area contributed by atoms with Gasteiger partial charge < -0.3 is 0 Å². The Balaban J connectivity index is 1.87. The Hall–Kier alpha value is -2.98. The lowest BCUT2D eigenvalue weighted by Gasteiger charge is -1.99. The number of amides is 1. The Morgan fingerprint density at radius 2 is 1.85 bits per heavy atom. The van der Waals surface area contributed by atoms with E-state index in [0.717, 1.165) is 11.8 Å². The van der Waals surface area contributed by atoms with Crippen LogP contribution in [0.25, 0.3) is 6.08 Å². The van der Waals surface area contributed by atoms with Crippen molar-refractivity contribution >= 4 is 44.6 Å². The first-order valence-corrected chi connectivity index (χ1v) is 9.46. The number of nitrogens with one attached hydrogen (secondary N) is 1. The molecule has 10 heteroatoms. The molecule has 2 aromatic carbocycles. The Morgan fingerprint density at radius 3 is 2.54 bits per heavy atom. The Morgan fingerprint density at radius 1 is 1.12 bits per heavy atom. The minimum Gasteiger partial charge on any atom is -0.300 e. The molecule has 1 N–H and O–H groups in total. The van der Waals surface area contributed by atoms with E-state index in [-0.39, 0.29) is 20.7 Å². The third-order valence-electron chi connectivity index (χ3n) is 3.27. The van der Waals surface area contributed by atoms with Gasteiger partial charge >= 0.3 is 0 Å². The lowest BCUT2D eigenvalue weighted by Crippen LogP contribution is -2.20. The zero-order valence-corrected chi connectivity index (χ0v) is 14.7. The van der Waals surface area contributed by atoms with E-state index in [2.05, 4.69) is 9.71 Å². The van der Waals surface area contributed by atoms with Crippen LogP contribution < -0.4 is 5.32 Å². The summed E-state index contributed by atoms with van der Waals surface area (Å²) in [5.74, 6) is -0.525. The molecule has 8 nitrogen and oxygen atoms in total. The van der Waals surface area contributed by atoms with Gasteiger partial charge in [-0.1, -0.05) is 30.3 Å². The maximum Gasteiger partial charge on any atom is 0.284 e. The largest absolute Gasteiger partial charge is 0.300 e. The summed E-state index contributed by atoms with van der Waals surface area (Å²) in [6.45, 7) is 0. The van der Waals surface area contributed by atoms with Crippen molar-refractivity contribution in [2.24, 2.45) is 4.40 Å². The summed E-state index contributed by atoms with van der Waals surface area (Å²) in [5.41, 5.74) is 0.340. The maximum absolute atomic E-state index is 12.2. The predicted octanol–water partition coefficient (Wildman–Crippen LogP) is 2.54. The zero-order chi connectivity index (χ0) is 18.7. The molecule has 26 heavy (non-hydrogen) atoms. The summed E-state index contributed by atoms with van der Waals surface area (Å²) in [7, 11) is -3.95. The van der Waals surface area contributed by atoms with Gasteiger partial charge in [-0.25, -0.2) is 0 Å². The molecule has 0 radical (unpaired) electrons. The number of hydrogen-bond donors (Lipinski definition) is 1. The third-order valence-corrected chi connectivity index (χ3v) is 5.59. The molecule has 1 amide bonds. The maximum atomic E-state index is 12.2. The molecule has 0 spiro atoms. The molecule has 132 valence electrons. The molecule has 1 saturated heterocycles. The van der Waals surface area contributed by atoms with Crippen molar-refractivity contribution in [2.75, 3.05) is 0 Å². The number of rotatable bonds is 4. The second-order valence-corrected chi connectivity index (χ2v) is 7.74. The van der Waals surface area contributed by atoms with Crippen LogP contribution in [0.2, 0.25) is 0 Å². The van der Waals surface area contributed by atoms with Crippen molar-refractivity contribution in [3.8, 4) is 0 Å². The number of non-ortho nitro benzene ring substituents is 1. The summed E-state index contributed by atoms with van der Waals surface area (Å²) >= 11 is 0.851. The molecule has 0 aromatic heterocycles. The fourth-order valence-corrected chi connectivity index (χ4v) is 4.11. The number of thioether (sulfide) groups is 1. The van der Waals surface area contributed by atoms with E-state index in [1.54, 1.807) is 24.3 Å². The second-order valence-electron chi connectivity index (χ2n) is 5.10. The van der Waals surface area contributed by atoms with Gasteiger partial charge in [0, 0.05) is 12.1 Å². The Labute approximate surface area is 152 Å². The molecule has 0 saturated carbocycles. The monoisotopic (exact) mass is 389 g/mol. The summed E-state index contributed by atoms with van der Waals surface area (Å²) in [4.78, 5) is 22.5. The smallest absolute Gasteiger partial charge is 0.284 e. The number of nitrogens with zero attached hydrogens (tertiary/aromatic N) is 2. The normalized spacial score (nSPS) is 17.5. The number of sulfonamides is 1. The number of carbonyl (C=O) groups is 1. The van der Waals surface area contributed by atoms with E-state index in [1.807, 2.05) is 0 Å². The number of hydrogen-bond acceptors (Lipinski definition) is 6. The molecule has 0 aliphatic carbocycles. The van der Waals surface area contributed by atoms with Crippen molar-refractivity contribution < 1.29 is 18.1 Å². The fraction of sp³-hybridized carbons (Fsp3) is 0. The first kappa shape index (κ1) is 17.8. The van der Waals surface area contributed by atoms with Crippen LogP contribution >= 0.6 is 11.8 Å². The van der Waals surface area contributed by atoms with Crippen molar-refractivity contribution in [3.05, 3.63) is 75.2 Å². The molecule has 1 heterocycles. The van der Waals surface area contributed by atoms with Gasteiger partial charge in [-0.2, -0.15) is 8.42 Å². The number of nitro groups is 1. The lowest BCUT2D eigenvalue weighted by molar-refractivity contribution is -0.384. The topological polar surface area (TPSA) is 119 Å². The predicted molar refractivity (Wildman–Crippen MR) is 97.9 cm³/mol. The van der Waals surface area contributed by atoms with Crippen LogP contribution in [-0.4, -0.2) is 24.4 Å². The molecule has 0 unspecified atom stereocenters. The second kappa shape index (κ2) is 7.10. The first-order chi connectivity index (χ1) is 12.3. The average molecular weight is 389 g/mol. The Kier molecular flexibility index (Phi) is 4.87. The van der Waals surface area contributed by atoms with Crippen LogP contribution in [0.3, 0.4) is 0 Å². The highest BCUT2D eigenvalue weighted by Crippen LogP contribution is 2.28. The fourth-order valence-electron chi connectivity index (χ4n) is 2.11. The minimum atomic E-state index is -3.95. The molecule has 2 aromatic rings. The summed E-state index contributed by atoms with van der Waals surface area (Å²) < 4.78 is 28.1. The van der Waals surface area contributed by atoms with Gasteiger partial charge in [0.2, 0.25) is 0 Å². The number of amidine groups is 1. The van der Waals surface area contributed by atoms with E-state index in [1.165, 1.54) is 36.4 Å². The number of benzene rings is 2. The molecule has 1 aliphatic rings. The molecular weight excluding hydrogens is 378 g/mol. The van der Waals surface area contributed by atoms with Crippen molar-refractivity contribution in [3.63, 3.8) is 0 Å². The highest BCUT2D eigenvalue weighted by Gasteiger charge is 2.26. The van der Waals surface area contributed by atoms with Crippen LogP contribution in [-0.2, 0) is 14.8 Å². The van der Waals surface area contributed by atoms with Crippen LogP contribution in [0.1, 0.15) is 5.56 Å². The van der Waals surface area contributed by atoms with E-state index in [4.69, 9.17) is 0 Å². The summed E-state index contributed by atoms with van der Waals surface area (Å²) in [6, 6.07) is 13.4. The molecule has 3 rings (SSSR count). The Bertz CT molecular complexity index is 1050. The average Bonchev–Trinajstić information content (AvgIpc) is 2.94. The highest BCUT2D eigenvalue weighted by molar-refractivity contribution is 8.19. The van der Waals surface area contributed by atoms with Gasteiger partial charge in [0.05, 0.1) is 14.7 Å². The van der Waals surface area contributed by atoms with Crippen molar-refractivity contribution in [2.45, 2.75) is 4.90 Å². The van der Waals surface area contributed by atoms with E-state index < -0.39 is 20.9 Å². The molecule has 1 aliphatic heterocycles. The van der Waals surface area contributed by atoms with Gasteiger partial charge in [-0.3, -0.25) is 20.2 Å². The molecule has 0 atom stereocenters. The van der Waals surface area contributed by atoms with E-state index >= 15 is 0 Å². The van der Waals surface area contributed by atoms with Crippen LogP contribution in [0.4, 0.5) is 5.69 Å². The van der Waals surface area contributed by atoms with Crippen LogP contribution in [0, 0.1) is 10.1 Å². The van der Waals surface area contributed by atoms with E-state index in [0.29, 0.717) is 5.56 Å². The quantitative estimate of drug-likeness (QED) is 0.488. The number of nitro benzene ring substituents is 1. The number of carbonyl (C=O) groups excluding carboxylic acids is 1. The first-order valence-electron chi connectivity index (χ1n) is 7.20. The van der Waals surface area contributed by atoms with Crippen molar-refractivity contribution in [1.82, 2.24) is 5.32 Å². The van der Waals surface area contributed by atoms with Gasteiger partial charge in [0.15, 0.2) is 5.17 Å². The minimum absolute atomic E-state index is 0.0125. The van der Waals surface area contributed by atoms with Crippen LogP contribution in [0.15, 0.2) is 68.8 Å². The molecule has 0 bridgehead atoms. The van der Waals surface area contributed by atoms with Crippen molar-refractivity contribution in [1.29, 1.82) is 0 Å². The van der Waals surface area contributed by atoms with Gasteiger partial charge in [0.1, 0.15) is 0 Å². The van der Waals surface area contributed by atoms with E-state index in [9.17, 15) is 23.3 Å². The van der Waals surface area contributed by atoms with Gasteiger partial charge in [-0.05, 0) is 35.5 Å². The van der Waals surface area contributed by atoms with Gasteiger partial charge in [0.25, 0.3) is 21.6 Å².